The van der Waals surface area contributed by atoms with Gasteiger partial charge in [-0.2, -0.15) is 10.1 Å². The molecule has 1 amide bonds. The fourth-order valence-corrected chi connectivity index (χ4v) is 4.83. The van der Waals surface area contributed by atoms with Gasteiger partial charge in [0.15, 0.2) is 0 Å². The highest BCUT2D eigenvalue weighted by atomic mass is 16.2. The average Bonchev–Trinajstić information content (AvgIpc) is 3.28. The summed E-state index contributed by atoms with van der Waals surface area (Å²) in [5.74, 6) is 0.820. The van der Waals surface area contributed by atoms with Crippen molar-refractivity contribution in [2.75, 3.05) is 26.7 Å². The maximum absolute atomic E-state index is 13.0. The Labute approximate surface area is 190 Å². The number of benzene rings is 1. The first-order valence-electron chi connectivity index (χ1n) is 11.7. The zero-order valence-corrected chi connectivity index (χ0v) is 19.5. The van der Waals surface area contributed by atoms with E-state index in [-0.39, 0.29) is 5.91 Å². The lowest BCUT2D eigenvalue weighted by Gasteiger charge is -2.37. The van der Waals surface area contributed by atoms with E-state index in [2.05, 4.69) is 50.3 Å². The molecule has 32 heavy (non-hydrogen) atoms. The van der Waals surface area contributed by atoms with Crippen LogP contribution in [0.1, 0.15) is 48.2 Å². The van der Waals surface area contributed by atoms with E-state index < -0.39 is 0 Å². The lowest BCUT2D eigenvalue weighted by molar-refractivity contribution is -0.133. The Morgan fingerprint density at radius 3 is 2.81 bits per heavy atom. The van der Waals surface area contributed by atoms with Gasteiger partial charge in [-0.15, -0.1) is 0 Å². The molecule has 1 aromatic carbocycles. The zero-order chi connectivity index (χ0) is 22.5. The molecule has 0 N–H and O–H groups in total. The molecule has 4 rings (SSSR count). The van der Waals surface area contributed by atoms with Crippen LogP contribution < -0.4 is 0 Å². The van der Waals surface area contributed by atoms with Gasteiger partial charge >= 0.3 is 0 Å². The van der Waals surface area contributed by atoms with Crippen LogP contribution in [0.15, 0.2) is 36.7 Å². The molecule has 1 aliphatic heterocycles. The van der Waals surface area contributed by atoms with Crippen LogP contribution in [0.5, 0.6) is 0 Å². The third-order valence-electron chi connectivity index (χ3n) is 6.78. The Balaban J connectivity index is 1.28. The number of aryl methyl sites for hydroxylation is 3. The minimum atomic E-state index is 0.207. The molecule has 2 aromatic heterocycles. The lowest BCUT2D eigenvalue weighted by Crippen LogP contribution is -2.48. The molecule has 7 heteroatoms. The number of likely N-dealkylation sites (N-methyl/N-ethyl adjacent to an activating group) is 1. The van der Waals surface area contributed by atoms with Gasteiger partial charge in [0.1, 0.15) is 6.33 Å². The van der Waals surface area contributed by atoms with Gasteiger partial charge in [-0.3, -0.25) is 4.79 Å². The maximum atomic E-state index is 13.0. The first-order valence-corrected chi connectivity index (χ1v) is 11.7. The van der Waals surface area contributed by atoms with Gasteiger partial charge in [0.25, 0.3) is 5.78 Å². The van der Waals surface area contributed by atoms with Gasteiger partial charge in [-0.25, -0.2) is 9.50 Å². The molecule has 0 saturated carbocycles. The molecule has 1 atom stereocenters. The molecule has 3 aromatic rings. The molecule has 0 spiro atoms. The van der Waals surface area contributed by atoms with Gasteiger partial charge in [0, 0.05) is 37.4 Å². The number of likely N-dealkylation sites (tertiary alicyclic amines) is 1. The van der Waals surface area contributed by atoms with Gasteiger partial charge < -0.3 is 9.80 Å². The van der Waals surface area contributed by atoms with E-state index in [1.54, 1.807) is 4.52 Å². The van der Waals surface area contributed by atoms with Crippen LogP contribution in [-0.4, -0.2) is 68.0 Å². The van der Waals surface area contributed by atoms with Gasteiger partial charge in [-0.1, -0.05) is 30.3 Å². The smallest absolute Gasteiger partial charge is 0.252 e. The van der Waals surface area contributed by atoms with Crippen LogP contribution in [0.4, 0.5) is 0 Å². The summed E-state index contributed by atoms with van der Waals surface area (Å²) in [6.07, 6.45) is 7.19. The second-order valence-corrected chi connectivity index (χ2v) is 8.92. The first-order chi connectivity index (χ1) is 15.5. The summed E-state index contributed by atoms with van der Waals surface area (Å²) in [4.78, 5) is 26.2. The number of carbonyl (C=O) groups excluding carboxylic acids is 1. The summed E-state index contributed by atoms with van der Waals surface area (Å²) in [6.45, 7) is 7.21. The van der Waals surface area contributed by atoms with E-state index in [9.17, 15) is 4.79 Å². The second-order valence-electron chi connectivity index (χ2n) is 8.92. The van der Waals surface area contributed by atoms with E-state index in [1.807, 2.05) is 25.8 Å². The Hall–Kier alpha value is -2.80. The topological polar surface area (TPSA) is 66.6 Å². The third kappa shape index (κ3) is 5.15. The van der Waals surface area contributed by atoms with Crippen molar-refractivity contribution in [3.8, 4) is 0 Å². The lowest BCUT2D eigenvalue weighted by atomic mass is 10.0. The van der Waals surface area contributed by atoms with Crippen molar-refractivity contribution in [2.24, 2.45) is 0 Å². The van der Waals surface area contributed by atoms with Gasteiger partial charge in [0.05, 0.1) is 0 Å². The summed E-state index contributed by atoms with van der Waals surface area (Å²) >= 11 is 0. The monoisotopic (exact) mass is 434 g/mol. The number of nitrogens with zero attached hydrogens (tertiary/aromatic N) is 6. The molecule has 170 valence electrons. The van der Waals surface area contributed by atoms with Crippen molar-refractivity contribution in [3.05, 3.63) is 59.2 Å². The van der Waals surface area contributed by atoms with Crippen molar-refractivity contribution in [1.29, 1.82) is 0 Å². The highest BCUT2D eigenvalue weighted by molar-refractivity contribution is 5.76. The molecule has 0 aliphatic carbocycles. The van der Waals surface area contributed by atoms with E-state index >= 15 is 0 Å². The maximum Gasteiger partial charge on any atom is 0.252 e. The summed E-state index contributed by atoms with van der Waals surface area (Å²) in [6, 6.07) is 11.0. The summed E-state index contributed by atoms with van der Waals surface area (Å²) in [5, 5.41) is 4.25. The molecular formula is C25H34N6O. The molecule has 1 saturated heterocycles. The molecule has 7 nitrogen and oxygen atoms in total. The molecule has 1 aliphatic rings. The fourth-order valence-electron chi connectivity index (χ4n) is 4.83. The number of aromatic nitrogens is 4. The number of hydrogen-bond acceptors (Lipinski definition) is 5. The van der Waals surface area contributed by atoms with Crippen LogP contribution in [0, 0.1) is 13.8 Å². The normalized spacial score (nSPS) is 17.0. The number of amides is 1. The molecule has 0 bridgehead atoms. The van der Waals surface area contributed by atoms with E-state index in [0.717, 1.165) is 62.3 Å². The van der Waals surface area contributed by atoms with Crippen LogP contribution in [0.25, 0.3) is 5.78 Å². The molecule has 1 unspecified atom stereocenters. The molecule has 3 heterocycles. The minimum absolute atomic E-state index is 0.207. The van der Waals surface area contributed by atoms with Crippen LogP contribution >= 0.6 is 0 Å². The zero-order valence-electron chi connectivity index (χ0n) is 19.5. The van der Waals surface area contributed by atoms with E-state index in [4.69, 9.17) is 0 Å². The van der Waals surface area contributed by atoms with E-state index in [1.165, 1.54) is 11.9 Å². The largest absolute Gasteiger partial charge is 0.341 e. The quantitative estimate of drug-likeness (QED) is 0.545. The van der Waals surface area contributed by atoms with Gasteiger partial charge in [0.2, 0.25) is 5.91 Å². The number of fused-ring (bicyclic) bond motifs is 1. The first kappa shape index (κ1) is 22.4. The summed E-state index contributed by atoms with van der Waals surface area (Å²) in [5.41, 5.74) is 4.44. The van der Waals surface area contributed by atoms with Crippen molar-refractivity contribution in [3.63, 3.8) is 0 Å². The van der Waals surface area contributed by atoms with Crippen LogP contribution in [0.2, 0.25) is 0 Å². The summed E-state index contributed by atoms with van der Waals surface area (Å²) in [7, 11) is 1.97. The highest BCUT2D eigenvalue weighted by Gasteiger charge is 2.26. The van der Waals surface area contributed by atoms with Crippen LogP contribution in [0.3, 0.4) is 0 Å². The third-order valence-corrected chi connectivity index (χ3v) is 6.78. The van der Waals surface area contributed by atoms with Crippen molar-refractivity contribution >= 4 is 11.7 Å². The van der Waals surface area contributed by atoms with Crippen molar-refractivity contribution in [2.45, 2.75) is 58.4 Å². The molecule has 0 radical (unpaired) electrons. The molecular weight excluding hydrogens is 400 g/mol. The standard InChI is InChI=1S/C25H34N6O/c1-19-23(20(2)31-25(28-19)26-18-27-31)13-14-24(32)29(3)22-12-8-16-30(17-22)15-7-11-21-9-5-4-6-10-21/h4-6,9-10,18,22H,7-8,11-17H2,1-3H3. The van der Waals surface area contributed by atoms with Crippen molar-refractivity contribution in [1.82, 2.24) is 29.4 Å². The number of piperidine rings is 1. The number of hydrogen-bond donors (Lipinski definition) is 0. The number of rotatable bonds is 8. The average molecular weight is 435 g/mol. The van der Waals surface area contributed by atoms with Gasteiger partial charge in [-0.05, 0) is 70.2 Å². The second kappa shape index (κ2) is 10.2. The van der Waals surface area contributed by atoms with Crippen molar-refractivity contribution < 1.29 is 4.79 Å². The SMILES string of the molecule is Cc1nc2ncnn2c(C)c1CCC(=O)N(C)C1CCCN(CCCc2ccccc2)C1. The number of carbonyl (C=O) groups is 1. The molecule has 1 fully saturated rings. The fraction of sp³-hybridized carbons (Fsp3) is 0.520. The summed E-state index contributed by atoms with van der Waals surface area (Å²) < 4.78 is 1.75. The predicted octanol–water partition coefficient (Wildman–Crippen LogP) is 3.23. The Kier molecular flexibility index (Phi) is 7.15. The van der Waals surface area contributed by atoms with E-state index in [0.29, 0.717) is 24.7 Å². The van der Waals surface area contributed by atoms with Crippen LogP contribution in [-0.2, 0) is 17.6 Å². The highest BCUT2D eigenvalue weighted by Crippen LogP contribution is 2.19. The minimum Gasteiger partial charge on any atom is -0.341 e. The Morgan fingerprint density at radius 2 is 2.00 bits per heavy atom. The Bertz CT molecular complexity index is 1050. The Morgan fingerprint density at radius 1 is 1.19 bits per heavy atom. The predicted molar refractivity (Wildman–Crippen MR) is 126 cm³/mol.